The van der Waals surface area contributed by atoms with E-state index in [-0.39, 0.29) is 36.1 Å². The molecule has 0 aromatic carbocycles. The predicted molar refractivity (Wildman–Crippen MR) is 178 cm³/mol. The van der Waals surface area contributed by atoms with Gasteiger partial charge in [0.05, 0.1) is 38.0 Å². The summed E-state index contributed by atoms with van der Waals surface area (Å²) in [5.74, 6) is 0.449. The Labute approximate surface area is 277 Å². The number of allylic oxidation sites excluding steroid dienone is 1. The SMILES string of the molecule is CCC1C=CCCC2(CC3CCC4C(C(=O)OCCCCCCCCCCCCCC(=O)OC)C5(CCCC(C)O5)NC(=[N+]34)N2)O1. The maximum atomic E-state index is 14.0. The van der Waals surface area contributed by atoms with Gasteiger partial charge in [0.15, 0.2) is 11.6 Å². The van der Waals surface area contributed by atoms with E-state index in [1.54, 1.807) is 0 Å². The lowest BCUT2D eigenvalue weighted by Crippen LogP contribution is -2.76. The van der Waals surface area contributed by atoms with Crippen LogP contribution in [0.25, 0.3) is 0 Å². The summed E-state index contributed by atoms with van der Waals surface area (Å²) in [6.07, 6.45) is 26.7. The van der Waals surface area contributed by atoms with Crippen LogP contribution in [0.4, 0.5) is 0 Å². The van der Waals surface area contributed by atoms with Crippen molar-refractivity contribution in [2.24, 2.45) is 5.92 Å². The number of rotatable bonds is 16. The molecule has 0 aliphatic carbocycles. The summed E-state index contributed by atoms with van der Waals surface area (Å²) in [4.78, 5) is 25.1. The van der Waals surface area contributed by atoms with Gasteiger partial charge in [-0.3, -0.25) is 14.2 Å². The van der Waals surface area contributed by atoms with Crippen molar-refractivity contribution in [1.82, 2.24) is 10.6 Å². The first-order valence-electron chi connectivity index (χ1n) is 18.9. The van der Waals surface area contributed by atoms with Gasteiger partial charge in [-0.1, -0.05) is 76.9 Å². The van der Waals surface area contributed by atoms with Crippen LogP contribution in [0.3, 0.4) is 0 Å². The van der Waals surface area contributed by atoms with Gasteiger partial charge in [0.25, 0.3) is 0 Å². The van der Waals surface area contributed by atoms with Crippen molar-refractivity contribution in [3.63, 3.8) is 0 Å². The van der Waals surface area contributed by atoms with E-state index in [1.165, 1.54) is 52.1 Å². The van der Waals surface area contributed by atoms with E-state index >= 15 is 0 Å². The molecule has 46 heavy (non-hydrogen) atoms. The summed E-state index contributed by atoms with van der Waals surface area (Å²) < 4.78 is 26.7. The molecule has 5 aliphatic heterocycles. The van der Waals surface area contributed by atoms with E-state index in [2.05, 4.69) is 41.2 Å². The molecule has 5 heterocycles. The molecular formula is C37H62N3O6+. The fourth-order valence-corrected chi connectivity index (χ4v) is 8.72. The molecule has 0 bridgehead atoms. The van der Waals surface area contributed by atoms with Crippen molar-refractivity contribution < 1.29 is 33.1 Å². The highest BCUT2D eigenvalue weighted by Crippen LogP contribution is 2.45. The fourth-order valence-electron chi connectivity index (χ4n) is 8.72. The zero-order valence-electron chi connectivity index (χ0n) is 29.0. The molecule has 0 saturated carbocycles. The molecule has 2 spiro atoms. The van der Waals surface area contributed by atoms with Crippen LogP contribution in [0.1, 0.15) is 149 Å². The number of carbonyl (C=O) groups excluding carboxylic acids is 2. The number of guanidine groups is 1. The Morgan fingerprint density at radius 1 is 0.935 bits per heavy atom. The topological polar surface area (TPSA) is 98.1 Å². The standard InChI is InChI=1S/C37H61N3O6/c1-4-30-20-15-16-24-36(46-30)27-29-22-23-31-33(37(25-18-19-28(2)45-37)39-35(38-36)40(29)31)34(42)44-26-17-13-11-9-7-5-6-8-10-12-14-21-32(41)43-3/h15,20,28-31,33H,4-14,16-19,21-27H2,1-3H3,(H,38,39)/p+1. The van der Waals surface area contributed by atoms with E-state index in [0.717, 1.165) is 89.4 Å². The minimum Gasteiger partial charge on any atom is -0.469 e. The molecule has 0 radical (unpaired) electrons. The molecule has 9 heteroatoms. The third kappa shape index (κ3) is 8.66. The predicted octanol–water partition coefficient (Wildman–Crippen LogP) is 6.62. The minimum absolute atomic E-state index is 0.0719. The minimum atomic E-state index is -0.750. The van der Waals surface area contributed by atoms with E-state index in [1.807, 2.05) is 0 Å². The van der Waals surface area contributed by atoms with Gasteiger partial charge in [0.1, 0.15) is 0 Å². The average Bonchev–Trinajstić information content (AvgIpc) is 3.34. The van der Waals surface area contributed by atoms with E-state index in [9.17, 15) is 9.59 Å². The highest BCUT2D eigenvalue weighted by molar-refractivity contribution is 5.82. The van der Waals surface area contributed by atoms with Gasteiger partial charge in [0.2, 0.25) is 5.72 Å². The first-order valence-corrected chi connectivity index (χ1v) is 18.9. The number of nitrogens with one attached hydrogen (secondary N) is 2. The van der Waals surface area contributed by atoms with Crippen LogP contribution in [-0.4, -0.2) is 71.9 Å². The van der Waals surface area contributed by atoms with Crippen molar-refractivity contribution in [1.29, 1.82) is 0 Å². The lowest BCUT2D eigenvalue weighted by atomic mass is 9.80. The van der Waals surface area contributed by atoms with E-state index in [4.69, 9.17) is 18.9 Å². The Bertz CT molecular complexity index is 1080. The zero-order chi connectivity index (χ0) is 32.4. The fraction of sp³-hybridized carbons (Fsp3) is 0.865. The van der Waals surface area contributed by atoms with Crippen LogP contribution in [0.5, 0.6) is 0 Å². The summed E-state index contributed by atoms with van der Waals surface area (Å²) in [5, 5.41) is 7.65. The van der Waals surface area contributed by atoms with Gasteiger partial charge in [-0.15, -0.1) is 0 Å². The highest BCUT2D eigenvalue weighted by atomic mass is 16.6. The Balaban J connectivity index is 1.08. The maximum Gasteiger partial charge on any atom is 0.350 e. The number of hydrogen-bond acceptors (Lipinski definition) is 8. The smallest absolute Gasteiger partial charge is 0.350 e. The summed E-state index contributed by atoms with van der Waals surface area (Å²) in [5.41, 5.74) is -1.15. The lowest BCUT2D eigenvalue weighted by molar-refractivity contribution is -0.609. The molecule has 2 N–H and O–H groups in total. The zero-order valence-corrected chi connectivity index (χ0v) is 29.0. The van der Waals surface area contributed by atoms with E-state index < -0.39 is 11.4 Å². The summed E-state index contributed by atoms with van der Waals surface area (Å²) in [6.45, 7) is 4.81. The highest BCUT2D eigenvalue weighted by Gasteiger charge is 2.64. The third-order valence-electron chi connectivity index (χ3n) is 11.1. The number of nitrogens with zero attached hydrogens (tertiary/aromatic N) is 1. The third-order valence-corrected chi connectivity index (χ3v) is 11.1. The van der Waals surface area contributed by atoms with Crippen LogP contribution in [-0.2, 0) is 28.5 Å². The Morgan fingerprint density at radius 2 is 1.65 bits per heavy atom. The molecule has 5 rings (SSSR count). The number of unbranched alkanes of at least 4 members (excludes halogenated alkanes) is 10. The number of methoxy groups -OCH3 is 1. The van der Waals surface area contributed by atoms with Crippen molar-refractivity contribution in [3.8, 4) is 0 Å². The first kappa shape index (κ1) is 35.2. The Kier molecular flexibility index (Phi) is 12.9. The summed E-state index contributed by atoms with van der Waals surface area (Å²) >= 11 is 0. The largest absolute Gasteiger partial charge is 0.469 e. The maximum absolute atomic E-state index is 14.0. The molecule has 0 aromatic rings. The second kappa shape index (κ2) is 16.8. The quantitative estimate of drug-likeness (QED) is 0.0837. The van der Waals surface area contributed by atoms with Crippen molar-refractivity contribution >= 4 is 17.9 Å². The summed E-state index contributed by atoms with van der Waals surface area (Å²) in [7, 11) is 1.45. The molecule has 0 amide bonds. The normalized spacial score (nSPS) is 33.3. The summed E-state index contributed by atoms with van der Waals surface area (Å²) in [6, 6.07) is 0.409. The van der Waals surface area contributed by atoms with Gasteiger partial charge in [0, 0.05) is 25.7 Å². The van der Waals surface area contributed by atoms with Gasteiger partial charge in [-0.2, -0.15) is 0 Å². The van der Waals surface area contributed by atoms with Gasteiger partial charge in [-0.05, 0) is 58.3 Å². The van der Waals surface area contributed by atoms with Crippen LogP contribution in [0, 0.1) is 5.92 Å². The molecule has 7 unspecified atom stereocenters. The number of hydrogen-bond donors (Lipinski definition) is 2. The molecular weight excluding hydrogens is 582 g/mol. The first-order chi connectivity index (χ1) is 22.4. The van der Waals surface area contributed by atoms with Crippen molar-refractivity contribution in [2.75, 3.05) is 13.7 Å². The van der Waals surface area contributed by atoms with Crippen molar-refractivity contribution in [2.45, 2.75) is 184 Å². The average molecular weight is 645 g/mol. The molecule has 2 fully saturated rings. The van der Waals surface area contributed by atoms with E-state index in [0.29, 0.717) is 19.1 Å². The molecule has 9 nitrogen and oxygen atoms in total. The molecule has 5 aliphatic rings. The van der Waals surface area contributed by atoms with Crippen molar-refractivity contribution in [3.05, 3.63) is 12.2 Å². The number of carbonyl (C=O) groups is 2. The molecule has 0 aromatic heterocycles. The monoisotopic (exact) mass is 644 g/mol. The second-order valence-corrected chi connectivity index (χ2v) is 14.6. The van der Waals surface area contributed by atoms with Gasteiger partial charge < -0.3 is 18.9 Å². The molecule has 2 saturated heterocycles. The Hall–Kier alpha value is -2.13. The van der Waals surface area contributed by atoms with Crippen LogP contribution >= 0.6 is 0 Å². The van der Waals surface area contributed by atoms with Crippen LogP contribution < -0.4 is 10.6 Å². The second-order valence-electron chi connectivity index (χ2n) is 14.6. The molecule has 260 valence electrons. The Morgan fingerprint density at radius 3 is 2.35 bits per heavy atom. The lowest BCUT2D eigenvalue weighted by Gasteiger charge is -2.50. The van der Waals surface area contributed by atoms with Gasteiger partial charge >= 0.3 is 17.9 Å². The number of ether oxygens (including phenoxy) is 4. The van der Waals surface area contributed by atoms with Crippen LogP contribution in [0.2, 0.25) is 0 Å². The molecule has 7 atom stereocenters. The van der Waals surface area contributed by atoms with Crippen LogP contribution in [0.15, 0.2) is 12.2 Å². The number of esters is 2. The van der Waals surface area contributed by atoms with Gasteiger partial charge in [-0.25, -0.2) is 10.6 Å².